The maximum absolute atomic E-state index is 12.4. The number of rotatable bonds is 6. The van der Waals surface area contributed by atoms with Crippen molar-refractivity contribution in [2.24, 2.45) is 0 Å². The number of likely N-dealkylation sites (tertiary alicyclic amines) is 1. The molecule has 2 N–H and O–H groups in total. The maximum atomic E-state index is 12.4. The second kappa shape index (κ2) is 8.68. The minimum absolute atomic E-state index is 0.0487. The molecule has 2 rings (SSSR count). The third kappa shape index (κ3) is 6.51. The number of piperidine rings is 1. The number of carbonyl (C=O) groups excluding carboxylic acids is 1. The van der Waals surface area contributed by atoms with Gasteiger partial charge in [0.1, 0.15) is 0 Å². The Bertz CT molecular complexity index is 531. The molecular weight excluding hydrogens is 314 g/mol. The molecule has 0 aromatic heterocycles. The number of carbonyl (C=O) groups is 1. The second-order valence-electron chi connectivity index (χ2n) is 6.55. The summed E-state index contributed by atoms with van der Waals surface area (Å²) in [4.78, 5) is 14.2. The summed E-state index contributed by atoms with van der Waals surface area (Å²) in [5.41, 5.74) is 1.45. The van der Waals surface area contributed by atoms with Gasteiger partial charge in [-0.05, 0) is 51.4 Å². The van der Waals surface area contributed by atoms with Gasteiger partial charge in [0, 0.05) is 25.7 Å². The van der Waals surface area contributed by atoms with E-state index in [1.807, 2.05) is 0 Å². The molecular formula is C16H29N3O3S. The number of nitrogens with zero attached hydrogens (tertiary/aromatic N) is 1. The Labute approximate surface area is 139 Å². The summed E-state index contributed by atoms with van der Waals surface area (Å²) in [6, 6.07) is -0.117. The molecule has 1 aliphatic carbocycles. The van der Waals surface area contributed by atoms with Crippen LogP contribution < -0.4 is 10.0 Å². The van der Waals surface area contributed by atoms with E-state index in [0.717, 1.165) is 44.8 Å². The van der Waals surface area contributed by atoms with E-state index in [2.05, 4.69) is 16.1 Å². The van der Waals surface area contributed by atoms with E-state index in [-0.39, 0.29) is 12.1 Å². The van der Waals surface area contributed by atoms with Gasteiger partial charge in [-0.25, -0.2) is 17.9 Å². The van der Waals surface area contributed by atoms with Crippen LogP contribution in [-0.2, 0) is 10.0 Å². The first-order chi connectivity index (χ1) is 11.0. The van der Waals surface area contributed by atoms with Crippen LogP contribution in [0.4, 0.5) is 4.79 Å². The first-order valence-electron chi connectivity index (χ1n) is 8.63. The van der Waals surface area contributed by atoms with Gasteiger partial charge in [0.2, 0.25) is 10.0 Å². The minimum atomic E-state index is -3.22. The number of hydrogen-bond acceptors (Lipinski definition) is 3. The first kappa shape index (κ1) is 18.3. The Hall–Kier alpha value is -1.08. The molecule has 0 radical (unpaired) electrons. The third-order valence-corrected chi connectivity index (χ3v) is 5.27. The topological polar surface area (TPSA) is 78.5 Å². The summed E-state index contributed by atoms with van der Waals surface area (Å²) < 4.78 is 25.0. The summed E-state index contributed by atoms with van der Waals surface area (Å²) in [6.07, 6.45) is 12.1. The van der Waals surface area contributed by atoms with Gasteiger partial charge in [-0.1, -0.05) is 11.6 Å². The van der Waals surface area contributed by atoms with Crippen molar-refractivity contribution < 1.29 is 13.2 Å². The van der Waals surface area contributed by atoms with Gasteiger partial charge in [0.05, 0.1) is 6.26 Å². The smallest absolute Gasteiger partial charge is 0.317 e. The van der Waals surface area contributed by atoms with Gasteiger partial charge in [0.15, 0.2) is 0 Å². The van der Waals surface area contributed by atoms with Crippen LogP contribution in [0.5, 0.6) is 0 Å². The largest absolute Gasteiger partial charge is 0.338 e. The van der Waals surface area contributed by atoms with Crippen LogP contribution in [0, 0.1) is 0 Å². The molecule has 0 bridgehead atoms. The number of nitrogens with one attached hydrogen (secondary N) is 2. The van der Waals surface area contributed by atoms with Crippen molar-refractivity contribution in [3.8, 4) is 0 Å². The number of sulfonamides is 1. The normalized spacial score (nSPS) is 22.6. The Balaban J connectivity index is 1.79. The van der Waals surface area contributed by atoms with E-state index in [0.29, 0.717) is 19.6 Å². The molecule has 1 saturated heterocycles. The van der Waals surface area contributed by atoms with Crippen molar-refractivity contribution >= 4 is 16.1 Å². The quantitative estimate of drug-likeness (QED) is 0.724. The second-order valence-corrected chi connectivity index (χ2v) is 8.39. The van der Waals surface area contributed by atoms with Crippen LogP contribution in [0.1, 0.15) is 51.4 Å². The lowest BCUT2D eigenvalue weighted by Gasteiger charge is -2.35. The molecule has 1 aliphatic heterocycles. The average Bonchev–Trinajstić information content (AvgIpc) is 2.53. The highest BCUT2D eigenvalue weighted by Crippen LogP contribution is 2.20. The molecule has 2 aliphatic rings. The summed E-state index contributed by atoms with van der Waals surface area (Å²) in [6.45, 7) is 1.66. The van der Waals surface area contributed by atoms with Crippen molar-refractivity contribution in [2.45, 2.75) is 57.4 Å². The van der Waals surface area contributed by atoms with Crippen molar-refractivity contribution in [3.05, 3.63) is 11.6 Å². The molecule has 1 atom stereocenters. The van der Waals surface area contributed by atoms with Gasteiger partial charge in [-0.2, -0.15) is 0 Å². The number of urea groups is 1. The highest BCUT2D eigenvalue weighted by molar-refractivity contribution is 7.88. The average molecular weight is 343 g/mol. The Kier molecular flexibility index (Phi) is 6.89. The Morgan fingerprint density at radius 3 is 2.83 bits per heavy atom. The molecule has 0 saturated carbocycles. The van der Waals surface area contributed by atoms with Crippen molar-refractivity contribution in [1.82, 2.24) is 14.9 Å². The molecule has 7 heteroatoms. The molecule has 1 fully saturated rings. The molecule has 1 heterocycles. The molecule has 6 nitrogen and oxygen atoms in total. The van der Waals surface area contributed by atoms with E-state index in [1.54, 1.807) is 4.90 Å². The van der Waals surface area contributed by atoms with Crippen molar-refractivity contribution in [2.75, 3.05) is 25.9 Å². The fraction of sp³-hybridized carbons (Fsp3) is 0.812. The fourth-order valence-corrected chi connectivity index (χ4v) is 3.79. The lowest BCUT2D eigenvalue weighted by Crippen LogP contribution is -2.52. The molecule has 23 heavy (non-hydrogen) atoms. The van der Waals surface area contributed by atoms with Gasteiger partial charge in [-0.15, -0.1) is 0 Å². The van der Waals surface area contributed by atoms with Crippen LogP contribution in [0.15, 0.2) is 11.6 Å². The Morgan fingerprint density at radius 1 is 1.30 bits per heavy atom. The molecule has 0 aromatic rings. The van der Waals surface area contributed by atoms with Crippen LogP contribution in [-0.4, -0.2) is 51.3 Å². The lowest BCUT2D eigenvalue weighted by atomic mass is 9.97. The maximum Gasteiger partial charge on any atom is 0.317 e. The molecule has 2 amide bonds. The van der Waals surface area contributed by atoms with E-state index < -0.39 is 10.0 Å². The Morgan fingerprint density at radius 2 is 2.13 bits per heavy atom. The third-order valence-electron chi connectivity index (χ3n) is 4.58. The molecule has 0 unspecified atom stereocenters. The van der Waals surface area contributed by atoms with E-state index in [1.165, 1.54) is 18.4 Å². The monoisotopic (exact) mass is 343 g/mol. The zero-order chi connectivity index (χ0) is 16.7. The summed E-state index contributed by atoms with van der Waals surface area (Å²) in [5.74, 6) is 0. The zero-order valence-electron chi connectivity index (χ0n) is 14.0. The zero-order valence-corrected chi connectivity index (χ0v) is 14.8. The SMILES string of the molecule is CS(=O)(=O)NC[C@H]1CCCCN1C(=O)NCCC1=CCCCC1. The van der Waals surface area contributed by atoms with E-state index in [4.69, 9.17) is 0 Å². The minimum Gasteiger partial charge on any atom is -0.338 e. The molecule has 0 aromatic carbocycles. The van der Waals surface area contributed by atoms with Gasteiger partial charge < -0.3 is 10.2 Å². The van der Waals surface area contributed by atoms with Gasteiger partial charge >= 0.3 is 6.03 Å². The molecule has 0 spiro atoms. The van der Waals surface area contributed by atoms with Crippen LogP contribution in [0.25, 0.3) is 0 Å². The number of hydrogen-bond donors (Lipinski definition) is 2. The highest BCUT2D eigenvalue weighted by Gasteiger charge is 2.27. The van der Waals surface area contributed by atoms with Crippen LogP contribution in [0.3, 0.4) is 0 Å². The van der Waals surface area contributed by atoms with E-state index >= 15 is 0 Å². The summed E-state index contributed by atoms with van der Waals surface area (Å²) in [7, 11) is -3.22. The van der Waals surface area contributed by atoms with Crippen molar-refractivity contribution in [3.63, 3.8) is 0 Å². The highest BCUT2D eigenvalue weighted by atomic mass is 32.2. The van der Waals surface area contributed by atoms with Crippen molar-refractivity contribution in [1.29, 1.82) is 0 Å². The van der Waals surface area contributed by atoms with Crippen LogP contribution >= 0.6 is 0 Å². The van der Waals surface area contributed by atoms with E-state index in [9.17, 15) is 13.2 Å². The predicted octanol–water partition coefficient (Wildman–Crippen LogP) is 1.99. The lowest BCUT2D eigenvalue weighted by molar-refractivity contribution is 0.152. The standard InChI is InChI=1S/C16H29N3O3S/c1-23(21,22)18-13-15-9-5-6-12-19(15)16(20)17-11-10-14-7-3-2-4-8-14/h7,15,18H,2-6,8-13H2,1H3,(H,17,20)/t15-/m1/s1. The van der Waals surface area contributed by atoms with Crippen LogP contribution in [0.2, 0.25) is 0 Å². The number of amides is 2. The van der Waals surface area contributed by atoms with Gasteiger partial charge in [-0.3, -0.25) is 0 Å². The fourth-order valence-electron chi connectivity index (χ4n) is 3.29. The number of allylic oxidation sites excluding steroid dienone is 1. The van der Waals surface area contributed by atoms with Gasteiger partial charge in [0.25, 0.3) is 0 Å². The summed E-state index contributed by atoms with van der Waals surface area (Å²) >= 11 is 0. The summed E-state index contributed by atoms with van der Waals surface area (Å²) in [5, 5.41) is 3.00. The molecule has 132 valence electrons. The first-order valence-corrected chi connectivity index (χ1v) is 10.5. The predicted molar refractivity (Wildman–Crippen MR) is 91.8 cm³/mol.